The monoisotopic (exact) mass is 673 g/mol. The predicted molar refractivity (Wildman–Crippen MR) is 199 cm³/mol. The van der Waals surface area contributed by atoms with Crippen LogP contribution in [0, 0.1) is 0 Å². The zero-order valence-corrected chi connectivity index (χ0v) is 28.1. The van der Waals surface area contributed by atoms with E-state index in [1.807, 2.05) is 146 Å². The minimum absolute atomic E-state index is 0.155. The highest BCUT2D eigenvalue weighted by molar-refractivity contribution is 6.31. The Bertz CT molecular complexity index is 2020. The first-order valence-electron chi connectivity index (χ1n) is 16.6. The summed E-state index contributed by atoms with van der Waals surface area (Å²) in [5.74, 6) is -0.576. The zero-order chi connectivity index (χ0) is 34.4. The molecule has 0 radical (unpaired) electrons. The SMILES string of the molecule is N[C@H](Cc1cn(C(c2ccccc2)(c2ccccc2)c2ccccc2)cn1)C(=O)OC(c1ccccc1)(c1ccccc1)c1ccccc1Cl. The van der Waals surface area contributed by atoms with Crippen molar-refractivity contribution in [3.8, 4) is 0 Å². The van der Waals surface area contributed by atoms with Crippen LogP contribution in [0.4, 0.5) is 0 Å². The van der Waals surface area contributed by atoms with Gasteiger partial charge in [0, 0.05) is 34.3 Å². The van der Waals surface area contributed by atoms with E-state index in [1.165, 1.54) is 0 Å². The normalized spacial score (nSPS) is 12.3. The third-order valence-electron chi connectivity index (χ3n) is 9.20. The van der Waals surface area contributed by atoms with E-state index in [-0.39, 0.29) is 6.42 Å². The first-order chi connectivity index (χ1) is 24.5. The van der Waals surface area contributed by atoms with Gasteiger partial charge >= 0.3 is 5.97 Å². The number of benzene rings is 6. The molecule has 7 aromatic rings. The maximum Gasteiger partial charge on any atom is 0.324 e. The lowest BCUT2D eigenvalue weighted by Crippen LogP contribution is -2.43. The molecule has 1 heterocycles. The standard InChI is InChI=1S/C44H36ClN3O2/c45-40-29-17-16-28-39(40)44(36-24-12-4-13-25-36,37-26-14-5-15-27-37)50-42(49)41(46)30-38-31-48(32-47-38)43(33-18-6-1-7-19-33,34-20-8-2-9-21-34)35-22-10-3-11-23-35/h1-29,31-32,41H,30,46H2/t41-/m1/s1. The van der Waals surface area contributed by atoms with Gasteiger partial charge in [0.05, 0.1) is 12.0 Å². The summed E-state index contributed by atoms with van der Waals surface area (Å²) in [4.78, 5) is 19.1. The Morgan fingerprint density at radius 3 is 1.46 bits per heavy atom. The second-order valence-corrected chi connectivity index (χ2v) is 12.6. The highest BCUT2D eigenvalue weighted by atomic mass is 35.5. The predicted octanol–water partition coefficient (Wildman–Crippen LogP) is 8.78. The summed E-state index contributed by atoms with van der Waals surface area (Å²) in [7, 11) is 0. The Labute approximate surface area is 297 Å². The molecule has 1 atom stereocenters. The number of aromatic nitrogens is 2. The molecule has 7 rings (SSSR count). The number of carbonyl (C=O) groups is 1. The van der Waals surface area contributed by atoms with Crippen LogP contribution in [0.5, 0.6) is 0 Å². The number of hydrogen-bond donors (Lipinski definition) is 1. The molecule has 0 bridgehead atoms. The topological polar surface area (TPSA) is 70.1 Å². The summed E-state index contributed by atoms with van der Waals surface area (Å²) in [5, 5.41) is 0.472. The van der Waals surface area contributed by atoms with Crippen molar-refractivity contribution in [3.05, 3.63) is 233 Å². The first-order valence-corrected chi connectivity index (χ1v) is 17.0. The van der Waals surface area contributed by atoms with Crippen LogP contribution >= 0.6 is 11.6 Å². The van der Waals surface area contributed by atoms with Gasteiger partial charge < -0.3 is 15.0 Å². The lowest BCUT2D eigenvalue weighted by molar-refractivity contribution is -0.155. The Morgan fingerprint density at radius 2 is 1.02 bits per heavy atom. The molecule has 0 aliphatic heterocycles. The average molecular weight is 674 g/mol. The van der Waals surface area contributed by atoms with Gasteiger partial charge in [-0.15, -0.1) is 0 Å². The van der Waals surface area contributed by atoms with E-state index in [0.29, 0.717) is 16.3 Å². The minimum atomic E-state index is -1.35. The van der Waals surface area contributed by atoms with Crippen LogP contribution in [0.3, 0.4) is 0 Å². The summed E-state index contributed by atoms with van der Waals surface area (Å²) < 4.78 is 8.72. The van der Waals surface area contributed by atoms with E-state index in [9.17, 15) is 4.79 Å². The zero-order valence-electron chi connectivity index (χ0n) is 27.3. The van der Waals surface area contributed by atoms with Crippen LogP contribution < -0.4 is 5.73 Å². The van der Waals surface area contributed by atoms with Gasteiger partial charge in [-0.1, -0.05) is 181 Å². The van der Waals surface area contributed by atoms with E-state index in [0.717, 1.165) is 27.8 Å². The Hall–Kier alpha value is -5.75. The summed E-state index contributed by atoms with van der Waals surface area (Å²) in [6, 6.07) is 56.8. The molecule has 2 N–H and O–H groups in total. The van der Waals surface area contributed by atoms with Crippen molar-refractivity contribution in [3.63, 3.8) is 0 Å². The lowest BCUT2D eigenvalue weighted by atomic mass is 9.77. The summed E-state index contributed by atoms with van der Waals surface area (Å²) in [5.41, 5.74) is 10.6. The number of rotatable bonds is 11. The van der Waals surface area contributed by atoms with Crippen LogP contribution in [0.2, 0.25) is 5.02 Å². The van der Waals surface area contributed by atoms with E-state index in [4.69, 9.17) is 27.1 Å². The first kappa shape index (κ1) is 32.8. The van der Waals surface area contributed by atoms with Gasteiger partial charge in [-0.2, -0.15) is 0 Å². The van der Waals surface area contributed by atoms with Crippen LogP contribution in [0.25, 0.3) is 0 Å². The lowest BCUT2D eigenvalue weighted by Gasteiger charge is -2.37. The second kappa shape index (κ2) is 14.4. The van der Waals surface area contributed by atoms with Gasteiger partial charge in [-0.3, -0.25) is 4.79 Å². The smallest absolute Gasteiger partial charge is 0.324 e. The molecule has 5 nitrogen and oxygen atoms in total. The Kier molecular flexibility index (Phi) is 9.43. The van der Waals surface area contributed by atoms with E-state index in [2.05, 4.69) is 41.0 Å². The third kappa shape index (κ3) is 6.02. The summed E-state index contributed by atoms with van der Waals surface area (Å²) >= 11 is 6.86. The maximum absolute atomic E-state index is 14.2. The molecule has 0 saturated heterocycles. The van der Waals surface area contributed by atoms with Gasteiger partial charge in [-0.25, -0.2) is 4.98 Å². The van der Waals surface area contributed by atoms with Crippen molar-refractivity contribution in [2.75, 3.05) is 0 Å². The van der Waals surface area contributed by atoms with Crippen molar-refractivity contribution in [2.24, 2.45) is 5.73 Å². The quantitative estimate of drug-likeness (QED) is 0.110. The van der Waals surface area contributed by atoms with Crippen LogP contribution in [-0.4, -0.2) is 21.6 Å². The molecular weight excluding hydrogens is 638 g/mol. The molecule has 0 aliphatic rings. The molecule has 0 spiro atoms. The molecule has 0 unspecified atom stereocenters. The molecule has 1 aromatic heterocycles. The van der Waals surface area contributed by atoms with Gasteiger partial charge in [0.15, 0.2) is 5.60 Å². The number of ether oxygens (including phenoxy) is 1. The molecule has 0 aliphatic carbocycles. The fourth-order valence-corrected chi connectivity index (χ4v) is 7.18. The summed E-state index contributed by atoms with van der Waals surface area (Å²) in [6.07, 6.45) is 3.96. The van der Waals surface area contributed by atoms with Crippen molar-refractivity contribution < 1.29 is 9.53 Å². The highest BCUT2D eigenvalue weighted by Gasteiger charge is 2.43. The van der Waals surface area contributed by atoms with Gasteiger partial charge in [0.25, 0.3) is 0 Å². The molecule has 0 saturated carbocycles. The fraction of sp³-hybridized carbons (Fsp3) is 0.0909. The fourth-order valence-electron chi connectivity index (χ4n) is 6.92. The third-order valence-corrected chi connectivity index (χ3v) is 9.53. The van der Waals surface area contributed by atoms with Gasteiger partial charge in [0.2, 0.25) is 0 Å². The molecule has 6 aromatic carbocycles. The van der Waals surface area contributed by atoms with Crippen LogP contribution in [-0.2, 0) is 27.1 Å². The number of nitrogens with zero attached hydrogens (tertiary/aromatic N) is 2. The van der Waals surface area contributed by atoms with Crippen LogP contribution in [0.15, 0.2) is 188 Å². The van der Waals surface area contributed by atoms with Gasteiger partial charge in [-0.05, 0) is 22.8 Å². The summed E-state index contributed by atoms with van der Waals surface area (Å²) in [6.45, 7) is 0. The molecule has 0 fully saturated rings. The van der Waals surface area contributed by atoms with E-state index in [1.54, 1.807) is 6.07 Å². The number of esters is 1. The van der Waals surface area contributed by atoms with Gasteiger partial charge in [0.1, 0.15) is 11.6 Å². The Morgan fingerprint density at radius 1 is 0.620 bits per heavy atom. The van der Waals surface area contributed by atoms with Crippen molar-refractivity contribution in [2.45, 2.75) is 23.6 Å². The van der Waals surface area contributed by atoms with Crippen molar-refractivity contribution in [1.29, 1.82) is 0 Å². The highest BCUT2D eigenvalue weighted by Crippen LogP contribution is 2.44. The minimum Gasteiger partial charge on any atom is -0.443 e. The maximum atomic E-state index is 14.2. The number of carbonyl (C=O) groups excluding carboxylic acids is 1. The van der Waals surface area contributed by atoms with E-state index < -0.39 is 23.2 Å². The number of nitrogens with two attached hydrogens (primary N) is 1. The Balaban J connectivity index is 1.28. The molecule has 0 amide bonds. The van der Waals surface area contributed by atoms with E-state index >= 15 is 0 Å². The number of imidazole rings is 1. The average Bonchev–Trinajstić information content (AvgIpc) is 3.65. The largest absolute Gasteiger partial charge is 0.443 e. The van der Waals surface area contributed by atoms with Crippen molar-refractivity contribution in [1.82, 2.24) is 9.55 Å². The van der Waals surface area contributed by atoms with Crippen LogP contribution in [0.1, 0.15) is 39.1 Å². The van der Waals surface area contributed by atoms with Crippen molar-refractivity contribution >= 4 is 17.6 Å². The number of hydrogen-bond acceptors (Lipinski definition) is 4. The second-order valence-electron chi connectivity index (χ2n) is 12.2. The number of halogens is 1. The molecule has 246 valence electrons. The molecule has 6 heteroatoms. The molecule has 50 heavy (non-hydrogen) atoms. The molecular formula is C44H36ClN3O2.